The number of pyridine rings is 2. The van der Waals surface area contributed by atoms with Crippen LogP contribution in [0.5, 0.6) is 0 Å². The number of aromatic nitrogens is 2. The molecule has 5 nitrogen and oxygen atoms in total. The lowest BCUT2D eigenvalue weighted by atomic mass is 10.2. The summed E-state index contributed by atoms with van der Waals surface area (Å²) in [5.74, 6) is 0.467. The molecule has 3 rings (SSSR count). The lowest BCUT2D eigenvalue weighted by Crippen LogP contribution is -2.25. The number of aryl methyl sites for hydroxylation is 3. The fourth-order valence-electron chi connectivity index (χ4n) is 2.89. The molecule has 1 atom stereocenters. The molecule has 128 valence electrons. The van der Waals surface area contributed by atoms with Gasteiger partial charge >= 0.3 is 0 Å². The largest absolute Gasteiger partial charge is 0.310 e. The normalized spacial score (nSPS) is 13.8. The Labute approximate surface area is 151 Å². The first-order valence-electron chi connectivity index (χ1n) is 8.44. The summed E-state index contributed by atoms with van der Waals surface area (Å²) in [6, 6.07) is 7.91. The van der Waals surface area contributed by atoms with Gasteiger partial charge < -0.3 is 5.32 Å². The van der Waals surface area contributed by atoms with Crippen LogP contribution in [0.3, 0.4) is 0 Å². The van der Waals surface area contributed by atoms with Crippen LogP contribution in [0.1, 0.15) is 42.1 Å². The first-order chi connectivity index (χ1) is 12.1. The zero-order valence-corrected chi connectivity index (χ0v) is 15.2. The Bertz CT molecular complexity index is 844. The van der Waals surface area contributed by atoms with E-state index in [1.54, 1.807) is 6.20 Å². The SMILES string of the molecule is CCC(Sc1nc2c(cc1C#N)CCC2)C(=O)Nc1ncccc1C. The van der Waals surface area contributed by atoms with Crippen LogP contribution in [0.15, 0.2) is 29.4 Å². The van der Waals surface area contributed by atoms with Gasteiger partial charge in [0.25, 0.3) is 0 Å². The van der Waals surface area contributed by atoms with Crippen molar-refractivity contribution in [2.45, 2.75) is 49.8 Å². The molecule has 2 heterocycles. The zero-order valence-electron chi connectivity index (χ0n) is 14.4. The number of nitrogens with one attached hydrogen (secondary N) is 1. The average Bonchev–Trinajstić information content (AvgIpc) is 3.07. The van der Waals surface area contributed by atoms with Gasteiger partial charge in [-0.3, -0.25) is 4.79 Å². The molecular weight excluding hydrogens is 332 g/mol. The van der Waals surface area contributed by atoms with E-state index < -0.39 is 0 Å². The highest BCUT2D eigenvalue weighted by Gasteiger charge is 2.23. The van der Waals surface area contributed by atoms with Crippen LogP contribution in [0, 0.1) is 18.3 Å². The van der Waals surface area contributed by atoms with E-state index in [9.17, 15) is 10.1 Å². The van der Waals surface area contributed by atoms with Crippen LogP contribution in [0.25, 0.3) is 0 Å². The van der Waals surface area contributed by atoms with Crippen molar-refractivity contribution >= 4 is 23.5 Å². The Balaban J connectivity index is 1.79. The number of fused-ring (bicyclic) bond motifs is 1. The van der Waals surface area contributed by atoms with E-state index in [-0.39, 0.29) is 11.2 Å². The summed E-state index contributed by atoms with van der Waals surface area (Å²) in [4.78, 5) is 21.5. The quantitative estimate of drug-likeness (QED) is 0.831. The predicted octanol–water partition coefficient (Wildman–Crippen LogP) is 3.65. The Hall–Kier alpha value is -2.39. The fraction of sp³-hybridized carbons (Fsp3) is 0.368. The highest BCUT2D eigenvalue weighted by atomic mass is 32.2. The van der Waals surface area contributed by atoms with Gasteiger partial charge in [0.05, 0.1) is 10.8 Å². The highest BCUT2D eigenvalue weighted by molar-refractivity contribution is 8.00. The van der Waals surface area contributed by atoms with Crippen molar-refractivity contribution in [1.82, 2.24) is 9.97 Å². The molecule has 1 N–H and O–H groups in total. The molecular formula is C19H20N4OS. The molecule has 1 aliphatic carbocycles. The monoisotopic (exact) mass is 352 g/mol. The summed E-state index contributed by atoms with van der Waals surface area (Å²) in [5.41, 5.74) is 3.72. The number of nitriles is 1. The molecule has 1 unspecified atom stereocenters. The third-order valence-corrected chi connectivity index (χ3v) is 5.67. The molecule has 0 saturated heterocycles. The van der Waals surface area contributed by atoms with E-state index in [0.29, 0.717) is 22.8 Å². The number of anilines is 1. The predicted molar refractivity (Wildman–Crippen MR) is 98.5 cm³/mol. The third kappa shape index (κ3) is 3.83. The highest BCUT2D eigenvalue weighted by Crippen LogP contribution is 2.31. The molecule has 0 radical (unpaired) electrons. The van der Waals surface area contributed by atoms with Crippen molar-refractivity contribution in [2.75, 3.05) is 5.32 Å². The van der Waals surface area contributed by atoms with Crippen molar-refractivity contribution in [3.63, 3.8) is 0 Å². The maximum atomic E-state index is 12.7. The van der Waals surface area contributed by atoms with Gasteiger partial charge in [-0.15, -0.1) is 0 Å². The molecule has 2 aromatic rings. The number of carbonyl (C=O) groups excluding carboxylic acids is 1. The van der Waals surface area contributed by atoms with Gasteiger partial charge in [-0.05, 0) is 55.9 Å². The Morgan fingerprint density at radius 2 is 2.32 bits per heavy atom. The molecule has 0 saturated carbocycles. The number of hydrogen-bond acceptors (Lipinski definition) is 5. The second-order valence-electron chi connectivity index (χ2n) is 6.09. The lowest BCUT2D eigenvalue weighted by Gasteiger charge is -2.16. The Kier molecular flexibility index (Phi) is 5.34. The standard InChI is InChI=1S/C19H20N4OS/c1-3-16(18(24)23-17-12(2)6-5-9-21-17)25-19-14(11-20)10-13-7-4-8-15(13)22-19/h5-6,9-10,16H,3-4,7-8H2,1-2H3,(H,21,23,24). The molecule has 1 aliphatic rings. The van der Waals surface area contributed by atoms with Crippen molar-refractivity contribution < 1.29 is 4.79 Å². The summed E-state index contributed by atoms with van der Waals surface area (Å²) < 4.78 is 0. The van der Waals surface area contributed by atoms with Crippen molar-refractivity contribution in [2.24, 2.45) is 0 Å². The summed E-state index contributed by atoms with van der Waals surface area (Å²) in [5, 5.41) is 12.7. The minimum Gasteiger partial charge on any atom is -0.310 e. The van der Waals surface area contributed by atoms with Crippen molar-refractivity contribution in [1.29, 1.82) is 5.26 Å². The number of thioether (sulfide) groups is 1. The van der Waals surface area contributed by atoms with Crippen molar-refractivity contribution in [3.05, 3.63) is 46.8 Å². The molecule has 6 heteroatoms. The number of amides is 1. The van der Waals surface area contributed by atoms with E-state index in [1.807, 2.05) is 32.0 Å². The van der Waals surface area contributed by atoms with Crippen LogP contribution in [-0.2, 0) is 17.6 Å². The molecule has 0 aromatic carbocycles. The first-order valence-corrected chi connectivity index (χ1v) is 9.32. The molecule has 0 aliphatic heterocycles. The molecule has 0 fully saturated rings. The smallest absolute Gasteiger partial charge is 0.239 e. The molecule has 25 heavy (non-hydrogen) atoms. The maximum absolute atomic E-state index is 12.7. The zero-order chi connectivity index (χ0) is 17.8. The molecule has 0 bridgehead atoms. The molecule has 1 amide bonds. The van der Waals surface area contributed by atoms with E-state index in [0.717, 1.165) is 30.5 Å². The van der Waals surface area contributed by atoms with Gasteiger partial charge in [0.2, 0.25) is 5.91 Å². The summed E-state index contributed by atoms with van der Waals surface area (Å²) in [7, 11) is 0. The Morgan fingerprint density at radius 1 is 1.48 bits per heavy atom. The Morgan fingerprint density at radius 3 is 3.04 bits per heavy atom. The van der Waals surface area contributed by atoms with Crippen molar-refractivity contribution in [3.8, 4) is 6.07 Å². The van der Waals surface area contributed by atoms with Crippen LogP contribution in [0.4, 0.5) is 5.82 Å². The number of carbonyl (C=O) groups is 1. The van der Waals surface area contributed by atoms with E-state index in [1.165, 1.54) is 17.3 Å². The topological polar surface area (TPSA) is 78.7 Å². The van der Waals surface area contributed by atoms with E-state index >= 15 is 0 Å². The number of hydrogen-bond donors (Lipinski definition) is 1. The summed E-state index contributed by atoms with van der Waals surface area (Å²) in [6.07, 6.45) is 5.32. The minimum absolute atomic E-state index is 0.111. The third-order valence-electron chi connectivity index (χ3n) is 4.30. The number of nitrogens with zero attached hydrogens (tertiary/aromatic N) is 3. The maximum Gasteiger partial charge on any atom is 0.239 e. The van der Waals surface area contributed by atoms with Gasteiger partial charge in [0.1, 0.15) is 16.9 Å². The van der Waals surface area contributed by atoms with Crippen LogP contribution < -0.4 is 5.32 Å². The lowest BCUT2D eigenvalue weighted by molar-refractivity contribution is -0.115. The van der Waals surface area contributed by atoms with Gasteiger partial charge in [-0.25, -0.2) is 9.97 Å². The van der Waals surface area contributed by atoms with Crippen LogP contribution in [0.2, 0.25) is 0 Å². The first kappa shape index (κ1) is 17.4. The fourth-order valence-corrected chi connectivity index (χ4v) is 3.89. The van der Waals surface area contributed by atoms with Crippen LogP contribution >= 0.6 is 11.8 Å². The van der Waals surface area contributed by atoms with Gasteiger partial charge in [-0.2, -0.15) is 5.26 Å². The number of rotatable bonds is 5. The molecule has 0 spiro atoms. The summed E-state index contributed by atoms with van der Waals surface area (Å²) in [6.45, 7) is 3.87. The second-order valence-corrected chi connectivity index (χ2v) is 7.28. The average molecular weight is 352 g/mol. The van der Waals surface area contributed by atoms with Crippen LogP contribution in [-0.4, -0.2) is 21.1 Å². The van der Waals surface area contributed by atoms with Gasteiger partial charge in [0.15, 0.2) is 0 Å². The second kappa shape index (κ2) is 7.66. The van der Waals surface area contributed by atoms with E-state index in [2.05, 4.69) is 21.4 Å². The van der Waals surface area contributed by atoms with Gasteiger partial charge in [0, 0.05) is 11.9 Å². The van der Waals surface area contributed by atoms with E-state index in [4.69, 9.17) is 0 Å². The minimum atomic E-state index is -0.319. The van der Waals surface area contributed by atoms with Gasteiger partial charge in [-0.1, -0.05) is 24.8 Å². The molecule has 2 aromatic heterocycles. The summed E-state index contributed by atoms with van der Waals surface area (Å²) >= 11 is 1.37.